The minimum absolute atomic E-state index is 0.179. The Morgan fingerprint density at radius 3 is 2.89 bits per heavy atom. The Bertz CT molecular complexity index is 508. The van der Waals surface area contributed by atoms with E-state index in [2.05, 4.69) is 17.2 Å². The molecule has 1 N–H and O–H groups in total. The second-order valence-electron chi connectivity index (χ2n) is 4.26. The highest BCUT2D eigenvalue weighted by Gasteiger charge is 2.08. The Hall–Kier alpha value is -1.81. The van der Waals surface area contributed by atoms with Gasteiger partial charge in [-0.2, -0.15) is 0 Å². The number of nitrogens with one attached hydrogen (secondary N) is 1. The molecule has 96 valence electrons. The number of furan rings is 1. The lowest BCUT2D eigenvalue weighted by Gasteiger charge is -2.11. The number of nitrogens with zero attached hydrogens (tertiary/aromatic N) is 1. The van der Waals surface area contributed by atoms with Crippen LogP contribution in [0.25, 0.3) is 0 Å². The van der Waals surface area contributed by atoms with Gasteiger partial charge in [0, 0.05) is 18.8 Å². The summed E-state index contributed by atoms with van der Waals surface area (Å²) in [4.78, 5) is 4.08. The fraction of sp³-hybridized carbons (Fsp3) is 0.357. The maximum absolute atomic E-state index is 5.58. The highest BCUT2D eigenvalue weighted by molar-refractivity contribution is 5.20. The molecule has 2 aromatic rings. The first kappa shape index (κ1) is 12.6. The Morgan fingerprint density at radius 2 is 2.22 bits per heavy atom. The molecule has 4 heteroatoms. The average Bonchev–Trinajstić information content (AvgIpc) is 2.83. The molecule has 0 amide bonds. The molecule has 2 rings (SSSR count). The summed E-state index contributed by atoms with van der Waals surface area (Å²) in [6.45, 7) is 4.78. The number of hydrogen-bond donors (Lipinski definition) is 1. The largest absolute Gasteiger partial charge is 0.481 e. The van der Waals surface area contributed by atoms with Crippen LogP contribution in [0, 0.1) is 6.92 Å². The molecule has 0 aromatic carbocycles. The summed E-state index contributed by atoms with van der Waals surface area (Å²) in [6.07, 6.45) is 1.75. The number of hydrogen-bond acceptors (Lipinski definition) is 4. The van der Waals surface area contributed by atoms with Gasteiger partial charge in [-0.05, 0) is 37.6 Å². The molecule has 2 aromatic heterocycles. The Morgan fingerprint density at radius 1 is 1.39 bits per heavy atom. The Labute approximate surface area is 107 Å². The lowest BCUT2D eigenvalue weighted by Crippen LogP contribution is -2.17. The SMILES string of the molecule is COc1cc(CNC(C)c2ccc(C)o2)ccn1. The summed E-state index contributed by atoms with van der Waals surface area (Å²) in [5.41, 5.74) is 1.14. The molecule has 0 aliphatic heterocycles. The first-order valence-corrected chi connectivity index (χ1v) is 5.97. The number of pyridine rings is 1. The van der Waals surface area contributed by atoms with E-state index in [1.54, 1.807) is 13.3 Å². The fourth-order valence-electron chi connectivity index (χ4n) is 1.73. The van der Waals surface area contributed by atoms with Crippen LogP contribution in [-0.2, 0) is 6.54 Å². The van der Waals surface area contributed by atoms with E-state index in [0.29, 0.717) is 5.88 Å². The van der Waals surface area contributed by atoms with Crippen molar-refractivity contribution in [1.82, 2.24) is 10.3 Å². The zero-order chi connectivity index (χ0) is 13.0. The number of aromatic nitrogens is 1. The standard InChI is InChI=1S/C14H18N2O2/c1-10-4-5-13(18-10)11(2)16-9-12-6-7-15-14(8-12)17-3/h4-8,11,16H,9H2,1-3H3. The molecular formula is C14H18N2O2. The summed E-state index contributed by atoms with van der Waals surface area (Å²) in [7, 11) is 1.62. The van der Waals surface area contributed by atoms with Gasteiger partial charge in [-0.1, -0.05) is 0 Å². The molecule has 2 heterocycles. The van der Waals surface area contributed by atoms with E-state index in [1.165, 1.54) is 0 Å². The third-order valence-corrected chi connectivity index (χ3v) is 2.81. The van der Waals surface area contributed by atoms with Crippen LogP contribution in [-0.4, -0.2) is 12.1 Å². The van der Waals surface area contributed by atoms with Crippen molar-refractivity contribution in [3.8, 4) is 5.88 Å². The van der Waals surface area contributed by atoms with Gasteiger partial charge < -0.3 is 14.5 Å². The molecule has 0 bridgehead atoms. The van der Waals surface area contributed by atoms with Crippen molar-refractivity contribution in [3.63, 3.8) is 0 Å². The molecule has 0 fully saturated rings. The summed E-state index contributed by atoms with van der Waals surface area (Å²) in [5.74, 6) is 2.52. The van der Waals surface area contributed by atoms with Crippen LogP contribution < -0.4 is 10.1 Å². The van der Waals surface area contributed by atoms with Gasteiger partial charge in [-0.15, -0.1) is 0 Å². The zero-order valence-electron chi connectivity index (χ0n) is 10.9. The van der Waals surface area contributed by atoms with E-state index in [0.717, 1.165) is 23.6 Å². The normalized spacial score (nSPS) is 12.4. The van der Waals surface area contributed by atoms with Gasteiger partial charge in [0.1, 0.15) is 11.5 Å². The minimum atomic E-state index is 0.179. The first-order valence-electron chi connectivity index (χ1n) is 5.97. The maximum Gasteiger partial charge on any atom is 0.213 e. The number of rotatable bonds is 5. The maximum atomic E-state index is 5.58. The van der Waals surface area contributed by atoms with Gasteiger partial charge >= 0.3 is 0 Å². The van der Waals surface area contributed by atoms with E-state index in [1.807, 2.05) is 31.2 Å². The molecule has 0 spiro atoms. The lowest BCUT2D eigenvalue weighted by molar-refractivity contribution is 0.395. The van der Waals surface area contributed by atoms with E-state index in [9.17, 15) is 0 Å². The summed E-state index contributed by atoms with van der Waals surface area (Å²) >= 11 is 0. The van der Waals surface area contributed by atoms with Crippen molar-refractivity contribution in [3.05, 3.63) is 47.5 Å². The summed E-state index contributed by atoms with van der Waals surface area (Å²) in [5, 5.41) is 3.40. The van der Waals surface area contributed by atoms with Crippen molar-refractivity contribution < 1.29 is 9.15 Å². The molecule has 0 aliphatic rings. The molecule has 0 saturated heterocycles. The summed E-state index contributed by atoms with van der Waals surface area (Å²) in [6, 6.07) is 8.05. The topological polar surface area (TPSA) is 47.3 Å². The Kier molecular flexibility index (Phi) is 3.99. The fourth-order valence-corrected chi connectivity index (χ4v) is 1.73. The van der Waals surface area contributed by atoms with Crippen molar-refractivity contribution >= 4 is 0 Å². The van der Waals surface area contributed by atoms with E-state index in [-0.39, 0.29) is 6.04 Å². The highest BCUT2D eigenvalue weighted by atomic mass is 16.5. The van der Waals surface area contributed by atoms with Crippen LogP contribution in [0.15, 0.2) is 34.9 Å². The summed E-state index contributed by atoms with van der Waals surface area (Å²) < 4.78 is 10.7. The predicted molar refractivity (Wildman–Crippen MR) is 69.5 cm³/mol. The van der Waals surface area contributed by atoms with E-state index < -0.39 is 0 Å². The quantitative estimate of drug-likeness (QED) is 0.881. The van der Waals surface area contributed by atoms with Crippen LogP contribution in [0.3, 0.4) is 0 Å². The van der Waals surface area contributed by atoms with Crippen LogP contribution in [0.1, 0.15) is 30.0 Å². The molecule has 1 unspecified atom stereocenters. The highest BCUT2D eigenvalue weighted by Crippen LogP contribution is 2.16. The van der Waals surface area contributed by atoms with Gasteiger partial charge in [0.2, 0.25) is 5.88 Å². The van der Waals surface area contributed by atoms with Gasteiger partial charge in [-0.3, -0.25) is 0 Å². The molecule has 0 saturated carbocycles. The third-order valence-electron chi connectivity index (χ3n) is 2.81. The molecule has 1 atom stereocenters. The minimum Gasteiger partial charge on any atom is -0.481 e. The van der Waals surface area contributed by atoms with Crippen molar-refractivity contribution in [2.75, 3.05) is 7.11 Å². The Balaban J connectivity index is 1.94. The number of methoxy groups -OCH3 is 1. The second-order valence-corrected chi connectivity index (χ2v) is 4.26. The van der Waals surface area contributed by atoms with Gasteiger partial charge in [0.25, 0.3) is 0 Å². The second kappa shape index (κ2) is 5.69. The molecular weight excluding hydrogens is 228 g/mol. The zero-order valence-corrected chi connectivity index (χ0v) is 10.9. The van der Waals surface area contributed by atoms with Crippen molar-refractivity contribution in [1.29, 1.82) is 0 Å². The smallest absolute Gasteiger partial charge is 0.213 e. The monoisotopic (exact) mass is 246 g/mol. The van der Waals surface area contributed by atoms with Crippen LogP contribution >= 0.6 is 0 Å². The molecule has 0 aliphatic carbocycles. The molecule has 0 radical (unpaired) electrons. The molecule has 18 heavy (non-hydrogen) atoms. The molecule has 4 nitrogen and oxygen atoms in total. The van der Waals surface area contributed by atoms with Gasteiger partial charge in [-0.25, -0.2) is 4.98 Å². The predicted octanol–water partition coefficient (Wildman–Crippen LogP) is 2.84. The third kappa shape index (κ3) is 3.11. The van der Waals surface area contributed by atoms with E-state index >= 15 is 0 Å². The van der Waals surface area contributed by atoms with Crippen LogP contribution in [0.4, 0.5) is 0 Å². The van der Waals surface area contributed by atoms with Crippen LogP contribution in [0.2, 0.25) is 0 Å². The van der Waals surface area contributed by atoms with Gasteiger partial charge in [0.05, 0.1) is 13.2 Å². The van der Waals surface area contributed by atoms with Gasteiger partial charge in [0.15, 0.2) is 0 Å². The number of aryl methyl sites for hydroxylation is 1. The van der Waals surface area contributed by atoms with Crippen molar-refractivity contribution in [2.45, 2.75) is 26.4 Å². The first-order chi connectivity index (χ1) is 8.69. The number of ether oxygens (including phenoxy) is 1. The van der Waals surface area contributed by atoms with E-state index in [4.69, 9.17) is 9.15 Å². The lowest BCUT2D eigenvalue weighted by atomic mass is 10.2. The average molecular weight is 246 g/mol. The van der Waals surface area contributed by atoms with Crippen molar-refractivity contribution in [2.24, 2.45) is 0 Å². The van der Waals surface area contributed by atoms with Crippen LogP contribution in [0.5, 0.6) is 5.88 Å².